The molecule has 1 aromatic carbocycles. The molecule has 96 valence electrons. The molecule has 0 amide bonds. The maximum absolute atomic E-state index is 9.28. The van der Waals surface area contributed by atoms with Crippen LogP contribution in [0.4, 0.5) is 0 Å². The van der Waals surface area contributed by atoms with E-state index in [-0.39, 0.29) is 6.61 Å². The molecule has 1 heterocycles. The molecule has 0 saturated heterocycles. The molecule has 2 rings (SSSR count). The lowest BCUT2D eigenvalue weighted by molar-refractivity contribution is 0.171. The molecule has 4 nitrogen and oxygen atoms in total. The monoisotopic (exact) mass is 247 g/mol. The van der Waals surface area contributed by atoms with E-state index >= 15 is 0 Å². The first-order valence-electron chi connectivity index (χ1n) is 5.96. The maximum Gasteiger partial charge on any atom is 0.221 e. The summed E-state index contributed by atoms with van der Waals surface area (Å²) in [7, 11) is 1.67. The van der Waals surface area contributed by atoms with Crippen molar-refractivity contribution >= 4 is 10.8 Å². The molecule has 2 aromatic rings. The Kier molecular flexibility index (Phi) is 4.50. The Morgan fingerprint density at radius 3 is 2.67 bits per heavy atom. The second-order valence-electron chi connectivity index (χ2n) is 3.99. The second kappa shape index (κ2) is 6.33. The molecule has 1 aromatic heterocycles. The van der Waals surface area contributed by atoms with E-state index in [0.717, 1.165) is 22.8 Å². The van der Waals surface area contributed by atoms with Crippen LogP contribution in [0.5, 0.6) is 5.88 Å². The molecule has 0 saturated carbocycles. The number of methoxy groups -OCH3 is 1. The number of nitrogens with zero attached hydrogens (tertiary/aromatic N) is 1. The van der Waals surface area contributed by atoms with Gasteiger partial charge in [-0.15, -0.1) is 0 Å². The van der Waals surface area contributed by atoms with Crippen LogP contribution in [0.3, 0.4) is 0 Å². The van der Waals surface area contributed by atoms with Gasteiger partial charge in [0, 0.05) is 37.3 Å². The van der Waals surface area contributed by atoms with E-state index in [9.17, 15) is 5.11 Å². The molecular weight excluding hydrogens is 230 g/mol. The summed E-state index contributed by atoms with van der Waals surface area (Å²) in [6.45, 7) is 1.23. The highest BCUT2D eigenvalue weighted by atomic mass is 16.5. The third-order valence-corrected chi connectivity index (χ3v) is 2.74. The topological polar surface area (TPSA) is 51.6 Å². The third kappa shape index (κ3) is 2.78. The minimum atomic E-state index is -0.0164. The van der Waals surface area contributed by atoms with Gasteiger partial charge in [-0.05, 0) is 11.5 Å². The summed E-state index contributed by atoms with van der Waals surface area (Å²) in [5, 5.41) is 11.2. The first-order valence-corrected chi connectivity index (χ1v) is 5.96. The van der Waals surface area contributed by atoms with Crippen LogP contribution in [0.1, 0.15) is 12.0 Å². The Hall–Kier alpha value is -1.65. The van der Waals surface area contributed by atoms with Gasteiger partial charge in [-0.25, -0.2) is 4.98 Å². The van der Waals surface area contributed by atoms with Crippen LogP contribution in [0.2, 0.25) is 0 Å². The van der Waals surface area contributed by atoms with Gasteiger partial charge in [-0.1, -0.05) is 18.2 Å². The standard InChI is InChI=1S/C14H17NO3/c1-17-7-4-8-18-14-13-6-3-2-5-12(13)11(10-16)9-15-14/h2-3,5-6,9,16H,4,7-8,10H2,1H3. The second-order valence-corrected chi connectivity index (χ2v) is 3.99. The normalized spacial score (nSPS) is 10.8. The van der Waals surface area contributed by atoms with Crippen molar-refractivity contribution in [1.82, 2.24) is 4.98 Å². The van der Waals surface area contributed by atoms with Gasteiger partial charge in [0.15, 0.2) is 0 Å². The number of hydrogen-bond acceptors (Lipinski definition) is 4. The van der Waals surface area contributed by atoms with Crippen LogP contribution >= 0.6 is 0 Å². The summed E-state index contributed by atoms with van der Waals surface area (Å²) in [4.78, 5) is 4.25. The van der Waals surface area contributed by atoms with Crippen molar-refractivity contribution in [3.05, 3.63) is 36.0 Å². The predicted molar refractivity (Wildman–Crippen MR) is 69.7 cm³/mol. The van der Waals surface area contributed by atoms with Gasteiger partial charge in [0.1, 0.15) is 0 Å². The molecule has 0 aliphatic rings. The fourth-order valence-corrected chi connectivity index (χ4v) is 1.84. The fraction of sp³-hybridized carbons (Fsp3) is 0.357. The number of ether oxygens (including phenoxy) is 2. The molecular formula is C14H17NO3. The lowest BCUT2D eigenvalue weighted by Gasteiger charge is -2.10. The fourth-order valence-electron chi connectivity index (χ4n) is 1.84. The van der Waals surface area contributed by atoms with E-state index in [1.54, 1.807) is 13.3 Å². The van der Waals surface area contributed by atoms with Crippen molar-refractivity contribution in [2.45, 2.75) is 13.0 Å². The van der Waals surface area contributed by atoms with E-state index in [0.29, 0.717) is 19.1 Å². The Balaban J connectivity index is 2.23. The summed E-state index contributed by atoms with van der Waals surface area (Å²) in [6.07, 6.45) is 2.49. The van der Waals surface area contributed by atoms with Crippen LogP contribution in [0, 0.1) is 0 Å². The summed E-state index contributed by atoms with van der Waals surface area (Å²) in [5.41, 5.74) is 0.815. The van der Waals surface area contributed by atoms with Crippen molar-refractivity contribution in [2.24, 2.45) is 0 Å². The van der Waals surface area contributed by atoms with Crippen molar-refractivity contribution < 1.29 is 14.6 Å². The number of benzene rings is 1. The Morgan fingerprint density at radius 2 is 1.94 bits per heavy atom. The van der Waals surface area contributed by atoms with Crippen molar-refractivity contribution in [2.75, 3.05) is 20.3 Å². The Bertz CT molecular complexity index is 513. The quantitative estimate of drug-likeness (QED) is 0.795. The maximum atomic E-state index is 9.28. The number of pyridine rings is 1. The highest BCUT2D eigenvalue weighted by Gasteiger charge is 2.07. The van der Waals surface area contributed by atoms with Gasteiger partial charge in [-0.2, -0.15) is 0 Å². The molecule has 0 spiro atoms. The van der Waals surface area contributed by atoms with Gasteiger partial charge in [0.05, 0.1) is 13.2 Å². The average molecular weight is 247 g/mol. The molecule has 0 fully saturated rings. The number of fused-ring (bicyclic) bond motifs is 1. The van der Waals surface area contributed by atoms with Crippen molar-refractivity contribution in [3.8, 4) is 5.88 Å². The van der Waals surface area contributed by atoms with Gasteiger partial charge in [-0.3, -0.25) is 0 Å². The molecule has 0 radical (unpaired) electrons. The van der Waals surface area contributed by atoms with E-state index in [4.69, 9.17) is 9.47 Å². The molecule has 1 N–H and O–H groups in total. The predicted octanol–water partition coefficient (Wildman–Crippen LogP) is 2.14. The summed E-state index contributed by atoms with van der Waals surface area (Å²) in [5.74, 6) is 0.610. The molecule has 0 aliphatic carbocycles. The zero-order chi connectivity index (χ0) is 12.8. The number of aliphatic hydroxyl groups excluding tert-OH is 1. The van der Waals surface area contributed by atoms with Gasteiger partial charge >= 0.3 is 0 Å². The molecule has 18 heavy (non-hydrogen) atoms. The van der Waals surface area contributed by atoms with Crippen molar-refractivity contribution in [3.63, 3.8) is 0 Å². The Labute approximate surface area is 106 Å². The summed E-state index contributed by atoms with van der Waals surface area (Å²) < 4.78 is 10.6. The molecule has 4 heteroatoms. The van der Waals surface area contributed by atoms with Crippen LogP contribution in [-0.2, 0) is 11.3 Å². The van der Waals surface area contributed by atoms with E-state index in [1.165, 1.54) is 0 Å². The first-order chi connectivity index (χ1) is 8.86. The highest BCUT2D eigenvalue weighted by Crippen LogP contribution is 2.26. The number of hydrogen-bond donors (Lipinski definition) is 1. The van der Waals surface area contributed by atoms with E-state index in [2.05, 4.69) is 4.98 Å². The summed E-state index contributed by atoms with van der Waals surface area (Å²) in [6, 6.07) is 7.79. The molecule has 0 aliphatic heterocycles. The van der Waals surface area contributed by atoms with E-state index in [1.807, 2.05) is 24.3 Å². The lowest BCUT2D eigenvalue weighted by Crippen LogP contribution is -2.03. The minimum absolute atomic E-state index is 0.0164. The Morgan fingerprint density at radius 1 is 1.17 bits per heavy atom. The number of rotatable bonds is 6. The lowest BCUT2D eigenvalue weighted by atomic mass is 10.1. The zero-order valence-corrected chi connectivity index (χ0v) is 10.4. The van der Waals surface area contributed by atoms with Crippen LogP contribution in [-0.4, -0.2) is 30.4 Å². The molecule has 0 bridgehead atoms. The number of aliphatic hydroxyl groups is 1. The van der Waals surface area contributed by atoms with Gasteiger partial charge in [0.2, 0.25) is 5.88 Å². The van der Waals surface area contributed by atoms with Crippen molar-refractivity contribution in [1.29, 1.82) is 0 Å². The van der Waals surface area contributed by atoms with Gasteiger partial charge in [0.25, 0.3) is 0 Å². The summed E-state index contributed by atoms with van der Waals surface area (Å²) >= 11 is 0. The van der Waals surface area contributed by atoms with Crippen LogP contribution in [0.15, 0.2) is 30.5 Å². The highest BCUT2D eigenvalue weighted by molar-refractivity contribution is 5.89. The van der Waals surface area contributed by atoms with Crippen LogP contribution < -0.4 is 4.74 Å². The van der Waals surface area contributed by atoms with Crippen LogP contribution in [0.25, 0.3) is 10.8 Å². The van der Waals surface area contributed by atoms with Gasteiger partial charge < -0.3 is 14.6 Å². The molecule has 0 atom stereocenters. The third-order valence-electron chi connectivity index (χ3n) is 2.74. The zero-order valence-electron chi connectivity index (χ0n) is 10.4. The van der Waals surface area contributed by atoms with E-state index < -0.39 is 0 Å². The largest absolute Gasteiger partial charge is 0.477 e. The smallest absolute Gasteiger partial charge is 0.221 e. The molecule has 0 unspecified atom stereocenters. The first kappa shape index (κ1) is 12.8. The number of aromatic nitrogens is 1. The minimum Gasteiger partial charge on any atom is -0.477 e. The average Bonchev–Trinajstić information content (AvgIpc) is 2.43. The SMILES string of the molecule is COCCCOc1ncc(CO)c2ccccc12.